The van der Waals surface area contributed by atoms with Crippen LogP contribution in [0, 0.1) is 0 Å². The molecule has 0 saturated carbocycles. The predicted octanol–water partition coefficient (Wildman–Crippen LogP) is 4.27. The van der Waals surface area contributed by atoms with Gasteiger partial charge in [-0.25, -0.2) is 4.98 Å². The fourth-order valence-electron chi connectivity index (χ4n) is 3.23. The molecular formula is C17H16ClN3. The van der Waals surface area contributed by atoms with E-state index in [4.69, 9.17) is 16.6 Å². The number of nitrogens with zero attached hydrogens (tertiary/aromatic N) is 2. The molecule has 2 aromatic carbocycles. The molecule has 106 valence electrons. The number of anilines is 1. The van der Waals surface area contributed by atoms with Crippen molar-refractivity contribution in [3.8, 4) is 0 Å². The van der Waals surface area contributed by atoms with E-state index in [2.05, 4.69) is 41.1 Å². The topological polar surface area (TPSA) is 29.9 Å². The number of fused-ring (bicyclic) bond motifs is 2. The van der Waals surface area contributed by atoms with Crippen molar-refractivity contribution in [2.75, 3.05) is 11.9 Å². The Kier molecular flexibility index (Phi) is 2.89. The highest BCUT2D eigenvalue weighted by molar-refractivity contribution is 6.31. The van der Waals surface area contributed by atoms with Crippen LogP contribution in [0.3, 0.4) is 0 Å². The van der Waals surface area contributed by atoms with Gasteiger partial charge in [0.1, 0.15) is 5.82 Å². The first-order valence-electron chi connectivity index (χ1n) is 7.26. The molecular weight excluding hydrogens is 282 g/mol. The van der Waals surface area contributed by atoms with Crippen molar-refractivity contribution in [1.29, 1.82) is 0 Å². The Bertz CT molecular complexity index is 822. The molecule has 0 bridgehead atoms. The summed E-state index contributed by atoms with van der Waals surface area (Å²) < 4.78 is 2.27. The van der Waals surface area contributed by atoms with Gasteiger partial charge >= 0.3 is 0 Å². The number of aryl methyl sites for hydroxylation is 1. The van der Waals surface area contributed by atoms with Crippen LogP contribution in [0.25, 0.3) is 11.0 Å². The molecule has 1 aliphatic rings. The minimum absolute atomic E-state index is 0.298. The van der Waals surface area contributed by atoms with Crippen LogP contribution in [0.1, 0.15) is 24.2 Å². The smallest absolute Gasteiger partial charge is 0.119 e. The third-order valence-electron chi connectivity index (χ3n) is 4.20. The summed E-state index contributed by atoms with van der Waals surface area (Å²) in [5, 5.41) is 4.23. The van der Waals surface area contributed by atoms with Crippen LogP contribution < -0.4 is 5.32 Å². The number of nitrogens with one attached hydrogen (secondary N) is 1. The molecule has 1 aliphatic heterocycles. The second-order valence-corrected chi connectivity index (χ2v) is 5.80. The minimum atomic E-state index is 0.298. The van der Waals surface area contributed by atoms with Gasteiger partial charge in [-0.1, -0.05) is 29.8 Å². The standard InChI is InChI=1S/C17H16ClN3/c1-2-21-16-9-11(18)7-8-15(16)20-17(21)13-10-19-14-6-4-3-5-12(13)14/h3-9,13,19H,2,10H2,1H3. The quantitative estimate of drug-likeness (QED) is 0.765. The summed E-state index contributed by atoms with van der Waals surface area (Å²) in [4.78, 5) is 4.87. The number of benzene rings is 2. The van der Waals surface area contributed by atoms with Crippen molar-refractivity contribution in [1.82, 2.24) is 9.55 Å². The summed E-state index contributed by atoms with van der Waals surface area (Å²) in [5.74, 6) is 1.42. The number of hydrogen-bond donors (Lipinski definition) is 1. The minimum Gasteiger partial charge on any atom is -0.384 e. The third-order valence-corrected chi connectivity index (χ3v) is 4.44. The lowest BCUT2D eigenvalue weighted by Gasteiger charge is -2.12. The first-order valence-corrected chi connectivity index (χ1v) is 7.64. The Morgan fingerprint density at radius 2 is 2.14 bits per heavy atom. The van der Waals surface area contributed by atoms with Gasteiger partial charge in [0.2, 0.25) is 0 Å². The highest BCUT2D eigenvalue weighted by Gasteiger charge is 2.27. The van der Waals surface area contributed by atoms with E-state index >= 15 is 0 Å². The maximum atomic E-state index is 6.14. The molecule has 0 aliphatic carbocycles. The van der Waals surface area contributed by atoms with Gasteiger partial charge in [-0.15, -0.1) is 0 Å². The van der Waals surface area contributed by atoms with Gasteiger partial charge < -0.3 is 9.88 Å². The van der Waals surface area contributed by atoms with Crippen LogP contribution in [0.4, 0.5) is 5.69 Å². The van der Waals surface area contributed by atoms with Crippen molar-refractivity contribution in [2.45, 2.75) is 19.4 Å². The number of rotatable bonds is 2. The molecule has 4 rings (SSSR count). The second-order valence-electron chi connectivity index (χ2n) is 5.37. The van der Waals surface area contributed by atoms with Crippen molar-refractivity contribution in [2.24, 2.45) is 0 Å². The largest absolute Gasteiger partial charge is 0.384 e. The zero-order chi connectivity index (χ0) is 14.4. The summed E-state index contributed by atoms with van der Waals surface area (Å²) in [5.41, 5.74) is 4.67. The number of aromatic nitrogens is 2. The van der Waals surface area contributed by atoms with Crippen LogP contribution in [0.5, 0.6) is 0 Å². The summed E-state index contributed by atoms with van der Waals surface area (Å²) in [7, 11) is 0. The normalized spacial score (nSPS) is 17.0. The lowest BCUT2D eigenvalue weighted by molar-refractivity contribution is 0.683. The average molecular weight is 298 g/mol. The van der Waals surface area contributed by atoms with Crippen molar-refractivity contribution < 1.29 is 0 Å². The molecule has 2 heterocycles. The molecule has 1 atom stereocenters. The van der Waals surface area contributed by atoms with Crippen molar-refractivity contribution in [3.05, 3.63) is 58.9 Å². The fourth-order valence-corrected chi connectivity index (χ4v) is 3.39. The highest BCUT2D eigenvalue weighted by Crippen LogP contribution is 2.36. The number of halogens is 1. The second kappa shape index (κ2) is 4.78. The van der Waals surface area contributed by atoms with Gasteiger partial charge in [0.05, 0.1) is 17.0 Å². The van der Waals surface area contributed by atoms with E-state index < -0.39 is 0 Å². The Balaban J connectivity index is 1.92. The first-order chi connectivity index (χ1) is 10.3. The van der Waals surface area contributed by atoms with E-state index in [9.17, 15) is 0 Å². The van der Waals surface area contributed by atoms with Crippen LogP contribution in [-0.4, -0.2) is 16.1 Å². The summed E-state index contributed by atoms with van der Waals surface area (Å²) in [6.07, 6.45) is 0. The van der Waals surface area contributed by atoms with Crippen LogP contribution >= 0.6 is 11.6 Å². The van der Waals surface area contributed by atoms with Gasteiger partial charge in [-0.3, -0.25) is 0 Å². The molecule has 21 heavy (non-hydrogen) atoms. The monoisotopic (exact) mass is 297 g/mol. The van der Waals surface area contributed by atoms with E-state index in [1.54, 1.807) is 0 Å². The van der Waals surface area contributed by atoms with Crippen molar-refractivity contribution in [3.63, 3.8) is 0 Å². The summed E-state index contributed by atoms with van der Waals surface area (Å²) >= 11 is 6.14. The lowest BCUT2D eigenvalue weighted by atomic mass is 10.0. The molecule has 1 unspecified atom stereocenters. The molecule has 0 amide bonds. The molecule has 0 saturated heterocycles. The molecule has 3 nitrogen and oxygen atoms in total. The number of para-hydroxylation sites is 1. The molecule has 3 aromatic rings. The van der Waals surface area contributed by atoms with E-state index in [1.165, 1.54) is 11.3 Å². The molecule has 0 spiro atoms. The van der Waals surface area contributed by atoms with E-state index in [0.717, 1.165) is 35.0 Å². The van der Waals surface area contributed by atoms with Gasteiger partial charge in [-0.05, 0) is 36.8 Å². The molecule has 0 fully saturated rings. The summed E-state index contributed by atoms with van der Waals surface area (Å²) in [6.45, 7) is 3.95. The number of imidazole rings is 1. The molecule has 1 N–H and O–H groups in total. The lowest BCUT2D eigenvalue weighted by Crippen LogP contribution is -2.11. The molecule has 1 aromatic heterocycles. The van der Waals surface area contributed by atoms with Crippen LogP contribution in [-0.2, 0) is 6.54 Å². The fraction of sp³-hybridized carbons (Fsp3) is 0.235. The first kappa shape index (κ1) is 12.7. The third kappa shape index (κ3) is 1.92. The van der Waals surface area contributed by atoms with E-state index in [-0.39, 0.29) is 0 Å². The Morgan fingerprint density at radius 3 is 3.00 bits per heavy atom. The average Bonchev–Trinajstić information content (AvgIpc) is 3.07. The Hall–Kier alpha value is -2.00. The van der Waals surface area contributed by atoms with Gasteiger partial charge in [0, 0.05) is 23.8 Å². The van der Waals surface area contributed by atoms with Gasteiger partial charge in [0.25, 0.3) is 0 Å². The maximum absolute atomic E-state index is 6.14. The predicted molar refractivity (Wildman–Crippen MR) is 87.2 cm³/mol. The maximum Gasteiger partial charge on any atom is 0.119 e. The van der Waals surface area contributed by atoms with Gasteiger partial charge in [0.15, 0.2) is 0 Å². The molecule has 0 radical (unpaired) electrons. The van der Waals surface area contributed by atoms with Crippen LogP contribution in [0.2, 0.25) is 5.02 Å². The Labute approximate surface area is 128 Å². The van der Waals surface area contributed by atoms with Crippen LogP contribution in [0.15, 0.2) is 42.5 Å². The van der Waals surface area contributed by atoms with E-state index in [1.807, 2.05) is 18.2 Å². The van der Waals surface area contributed by atoms with Gasteiger partial charge in [-0.2, -0.15) is 0 Å². The summed E-state index contributed by atoms with van der Waals surface area (Å²) in [6, 6.07) is 14.4. The van der Waals surface area contributed by atoms with Crippen molar-refractivity contribution >= 4 is 28.3 Å². The van der Waals surface area contributed by atoms with E-state index in [0.29, 0.717) is 5.92 Å². The Morgan fingerprint density at radius 1 is 1.29 bits per heavy atom. The zero-order valence-corrected chi connectivity index (χ0v) is 12.6. The zero-order valence-electron chi connectivity index (χ0n) is 11.8. The SMILES string of the molecule is CCn1c(C2CNc3ccccc32)nc2ccc(Cl)cc21. The highest BCUT2D eigenvalue weighted by atomic mass is 35.5. The number of hydrogen-bond acceptors (Lipinski definition) is 2. The molecule has 4 heteroatoms.